The summed E-state index contributed by atoms with van der Waals surface area (Å²) in [6.07, 6.45) is 1.86. The van der Waals surface area contributed by atoms with Crippen LogP contribution in [-0.2, 0) is 12.0 Å². The molecule has 2 rings (SSSR count). The molecule has 2 nitrogen and oxygen atoms in total. The lowest BCUT2D eigenvalue weighted by Gasteiger charge is -2.22. The minimum atomic E-state index is -0.485. The Labute approximate surface area is 78.4 Å². The molecule has 0 aliphatic heterocycles. The third-order valence-electron chi connectivity index (χ3n) is 3.05. The molecular weight excluding hydrogens is 162 g/mol. The monoisotopic (exact) mass is 177 g/mol. The van der Waals surface area contributed by atoms with Gasteiger partial charge in [-0.1, -0.05) is 18.2 Å². The maximum absolute atomic E-state index is 9.24. The second-order valence-corrected chi connectivity index (χ2v) is 3.92. The van der Waals surface area contributed by atoms with E-state index in [-0.39, 0.29) is 6.61 Å². The van der Waals surface area contributed by atoms with E-state index in [2.05, 4.69) is 13.0 Å². The lowest BCUT2D eigenvalue weighted by Crippen LogP contribution is -2.37. The third kappa shape index (κ3) is 1.18. The van der Waals surface area contributed by atoms with Crippen LogP contribution in [-0.4, -0.2) is 11.7 Å². The zero-order valence-electron chi connectivity index (χ0n) is 7.88. The summed E-state index contributed by atoms with van der Waals surface area (Å²) in [6.45, 7) is 2.14. The van der Waals surface area contributed by atoms with Crippen LogP contribution in [0.25, 0.3) is 0 Å². The number of aryl methyl sites for hydroxylation is 1. The molecular formula is C11H15NO. The number of aliphatic hydroxyl groups is 1. The van der Waals surface area contributed by atoms with Gasteiger partial charge >= 0.3 is 0 Å². The summed E-state index contributed by atoms with van der Waals surface area (Å²) in [4.78, 5) is 0. The van der Waals surface area contributed by atoms with Gasteiger partial charge in [0.15, 0.2) is 0 Å². The molecule has 1 aromatic carbocycles. The van der Waals surface area contributed by atoms with Crippen molar-refractivity contribution < 1.29 is 5.11 Å². The van der Waals surface area contributed by atoms with Gasteiger partial charge in [0.25, 0.3) is 0 Å². The highest BCUT2D eigenvalue weighted by atomic mass is 16.3. The molecule has 3 N–H and O–H groups in total. The Bertz CT molecular complexity index is 335. The lowest BCUT2D eigenvalue weighted by atomic mass is 9.93. The first-order valence-electron chi connectivity index (χ1n) is 4.66. The van der Waals surface area contributed by atoms with Crippen LogP contribution in [0.5, 0.6) is 0 Å². The lowest BCUT2D eigenvalue weighted by molar-refractivity contribution is 0.197. The molecule has 1 unspecified atom stereocenters. The summed E-state index contributed by atoms with van der Waals surface area (Å²) in [5.41, 5.74) is 9.36. The molecule has 1 atom stereocenters. The fourth-order valence-corrected chi connectivity index (χ4v) is 2.15. The standard InChI is InChI=1S/C11H15NO/c1-8-3-2-4-10-9(8)5-6-11(10,12)7-13/h2-4,13H,5-7,12H2,1H3. The molecule has 0 heterocycles. The molecule has 70 valence electrons. The molecule has 0 radical (unpaired) electrons. The minimum Gasteiger partial charge on any atom is -0.394 e. The molecule has 1 aliphatic rings. The van der Waals surface area contributed by atoms with Crippen LogP contribution in [0.3, 0.4) is 0 Å². The highest BCUT2D eigenvalue weighted by Crippen LogP contribution is 2.35. The maximum atomic E-state index is 9.24. The molecule has 0 saturated carbocycles. The van der Waals surface area contributed by atoms with Crippen LogP contribution in [0.15, 0.2) is 18.2 Å². The quantitative estimate of drug-likeness (QED) is 0.674. The first kappa shape index (κ1) is 8.73. The second-order valence-electron chi connectivity index (χ2n) is 3.92. The highest BCUT2D eigenvalue weighted by Gasteiger charge is 2.34. The van der Waals surface area contributed by atoms with Crippen molar-refractivity contribution in [2.45, 2.75) is 25.3 Å². The van der Waals surface area contributed by atoms with Crippen LogP contribution in [0.2, 0.25) is 0 Å². The summed E-state index contributed by atoms with van der Waals surface area (Å²) >= 11 is 0. The first-order chi connectivity index (χ1) is 6.17. The van der Waals surface area contributed by atoms with Gasteiger partial charge in [0.2, 0.25) is 0 Å². The molecule has 1 aromatic rings. The van der Waals surface area contributed by atoms with Crippen molar-refractivity contribution in [3.63, 3.8) is 0 Å². The van der Waals surface area contributed by atoms with Crippen molar-refractivity contribution in [2.75, 3.05) is 6.61 Å². The molecule has 0 spiro atoms. The Kier molecular flexibility index (Phi) is 1.90. The van der Waals surface area contributed by atoms with Gasteiger partial charge in [-0.25, -0.2) is 0 Å². The number of benzene rings is 1. The van der Waals surface area contributed by atoms with Crippen molar-refractivity contribution in [1.29, 1.82) is 0 Å². The van der Waals surface area contributed by atoms with E-state index in [0.29, 0.717) is 0 Å². The minimum absolute atomic E-state index is 0.0451. The Hall–Kier alpha value is -0.860. The molecule has 13 heavy (non-hydrogen) atoms. The van der Waals surface area contributed by atoms with Gasteiger partial charge < -0.3 is 10.8 Å². The van der Waals surface area contributed by atoms with Crippen molar-refractivity contribution in [3.8, 4) is 0 Å². The van der Waals surface area contributed by atoms with E-state index in [1.807, 2.05) is 12.1 Å². The van der Waals surface area contributed by atoms with Gasteiger partial charge in [-0.2, -0.15) is 0 Å². The molecule has 0 amide bonds. The number of hydrogen-bond acceptors (Lipinski definition) is 2. The van der Waals surface area contributed by atoms with E-state index in [9.17, 15) is 5.11 Å². The number of nitrogens with two attached hydrogens (primary N) is 1. The molecule has 0 saturated heterocycles. The van der Waals surface area contributed by atoms with E-state index in [4.69, 9.17) is 5.73 Å². The van der Waals surface area contributed by atoms with Gasteiger partial charge in [-0.15, -0.1) is 0 Å². The molecule has 0 aromatic heterocycles. The smallest absolute Gasteiger partial charge is 0.0653 e. The first-order valence-corrected chi connectivity index (χ1v) is 4.66. The summed E-state index contributed by atoms with van der Waals surface area (Å²) < 4.78 is 0. The topological polar surface area (TPSA) is 46.2 Å². The second kappa shape index (κ2) is 2.82. The van der Waals surface area contributed by atoms with Crippen LogP contribution in [0.4, 0.5) is 0 Å². The molecule has 1 aliphatic carbocycles. The maximum Gasteiger partial charge on any atom is 0.0653 e. The summed E-state index contributed by atoms with van der Waals surface area (Å²) in [5.74, 6) is 0. The zero-order valence-corrected chi connectivity index (χ0v) is 7.88. The van der Waals surface area contributed by atoms with Gasteiger partial charge in [-0.3, -0.25) is 0 Å². The van der Waals surface area contributed by atoms with Crippen LogP contribution < -0.4 is 5.73 Å². The zero-order chi connectivity index (χ0) is 9.47. The number of rotatable bonds is 1. The summed E-state index contributed by atoms with van der Waals surface area (Å²) in [5, 5.41) is 9.24. The predicted molar refractivity (Wildman–Crippen MR) is 52.5 cm³/mol. The predicted octanol–water partition coefficient (Wildman–Crippen LogP) is 1.09. The van der Waals surface area contributed by atoms with Crippen LogP contribution in [0, 0.1) is 6.92 Å². The van der Waals surface area contributed by atoms with Crippen LogP contribution >= 0.6 is 0 Å². The van der Waals surface area contributed by atoms with Gasteiger partial charge in [0, 0.05) is 0 Å². The van der Waals surface area contributed by atoms with Gasteiger partial charge in [0.1, 0.15) is 0 Å². The van der Waals surface area contributed by atoms with E-state index in [1.165, 1.54) is 11.1 Å². The Morgan fingerprint density at radius 3 is 3.00 bits per heavy atom. The Morgan fingerprint density at radius 1 is 1.54 bits per heavy atom. The Balaban J connectivity index is 2.55. The van der Waals surface area contributed by atoms with Crippen molar-refractivity contribution in [3.05, 3.63) is 34.9 Å². The van der Waals surface area contributed by atoms with Gasteiger partial charge in [-0.05, 0) is 36.5 Å². The highest BCUT2D eigenvalue weighted by molar-refractivity contribution is 5.43. The van der Waals surface area contributed by atoms with Crippen molar-refractivity contribution in [2.24, 2.45) is 5.73 Å². The fraction of sp³-hybridized carbons (Fsp3) is 0.455. The number of fused-ring (bicyclic) bond motifs is 1. The number of hydrogen-bond donors (Lipinski definition) is 2. The molecule has 0 fully saturated rings. The fourth-order valence-electron chi connectivity index (χ4n) is 2.15. The van der Waals surface area contributed by atoms with E-state index < -0.39 is 5.54 Å². The van der Waals surface area contributed by atoms with E-state index >= 15 is 0 Å². The normalized spacial score (nSPS) is 26.1. The van der Waals surface area contributed by atoms with Crippen molar-refractivity contribution >= 4 is 0 Å². The van der Waals surface area contributed by atoms with Crippen LogP contribution in [0.1, 0.15) is 23.1 Å². The largest absolute Gasteiger partial charge is 0.394 e. The molecule has 0 bridgehead atoms. The van der Waals surface area contributed by atoms with Gasteiger partial charge in [0.05, 0.1) is 12.1 Å². The van der Waals surface area contributed by atoms with E-state index in [1.54, 1.807) is 0 Å². The third-order valence-corrected chi connectivity index (χ3v) is 3.05. The summed E-state index contributed by atoms with van der Waals surface area (Å²) in [7, 11) is 0. The summed E-state index contributed by atoms with van der Waals surface area (Å²) in [6, 6.07) is 6.14. The Morgan fingerprint density at radius 2 is 2.31 bits per heavy atom. The average molecular weight is 177 g/mol. The average Bonchev–Trinajstić information content (AvgIpc) is 2.47. The van der Waals surface area contributed by atoms with E-state index in [0.717, 1.165) is 18.4 Å². The SMILES string of the molecule is Cc1cccc2c1CCC2(N)CO. The van der Waals surface area contributed by atoms with Crippen molar-refractivity contribution in [1.82, 2.24) is 0 Å². The number of aliphatic hydroxyl groups excluding tert-OH is 1. The molecule has 2 heteroatoms.